The van der Waals surface area contributed by atoms with Crippen molar-refractivity contribution in [2.75, 3.05) is 12.4 Å². The topological polar surface area (TPSA) is 22.1 Å². The molecule has 0 unspecified atom stereocenters. The second-order valence-electron chi connectivity index (χ2n) is 4.71. The van der Waals surface area contributed by atoms with Crippen molar-refractivity contribution in [3.05, 3.63) is 66.7 Å². The summed E-state index contributed by atoms with van der Waals surface area (Å²) in [4.78, 5) is 4.65. The van der Waals surface area contributed by atoms with Crippen LogP contribution in [0.2, 0.25) is 0 Å². The molecule has 1 aromatic heterocycles. The molecule has 106 valence electrons. The van der Waals surface area contributed by atoms with Crippen LogP contribution in [0.4, 0.5) is 0 Å². The van der Waals surface area contributed by atoms with Crippen LogP contribution >= 0.6 is 11.8 Å². The van der Waals surface area contributed by atoms with Crippen molar-refractivity contribution in [3.63, 3.8) is 0 Å². The molecule has 0 amide bonds. The highest BCUT2D eigenvalue weighted by Gasteiger charge is 1.99. The van der Waals surface area contributed by atoms with Gasteiger partial charge in [-0.2, -0.15) is 0 Å². The number of aromatic nitrogens is 1. The molecular formula is C18H17NOS. The van der Waals surface area contributed by atoms with Crippen molar-refractivity contribution in [3.8, 4) is 5.75 Å². The Balaban J connectivity index is 1.46. The lowest BCUT2D eigenvalue weighted by atomic mass is 10.2. The number of rotatable bonds is 6. The van der Waals surface area contributed by atoms with E-state index in [1.165, 1.54) is 5.39 Å². The first kappa shape index (κ1) is 14.0. The largest absolute Gasteiger partial charge is 0.494 e. The van der Waals surface area contributed by atoms with Gasteiger partial charge in [0.15, 0.2) is 0 Å². The molecule has 0 aliphatic rings. The van der Waals surface area contributed by atoms with Gasteiger partial charge in [0, 0.05) is 11.1 Å². The van der Waals surface area contributed by atoms with Gasteiger partial charge in [0.2, 0.25) is 0 Å². The van der Waals surface area contributed by atoms with E-state index in [1.54, 1.807) is 11.8 Å². The summed E-state index contributed by atoms with van der Waals surface area (Å²) in [6.07, 6.45) is 1.01. The Bertz CT molecular complexity index is 700. The molecule has 0 bridgehead atoms. The molecule has 1 heterocycles. The third kappa shape index (κ3) is 3.99. The molecule has 0 atom stereocenters. The van der Waals surface area contributed by atoms with Crippen molar-refractivity contribution in [1.82, 2.24) is 4.98 Å². The fourth-order valence-corrected chi connectivity index (χ4v) is 2.87. The van der Waals surface area contributed by atoms with Gasteiger partial charge in [-0.15, -0.1) is 11.8 Å². The van der Waals surface area contributed by atoms with Gasteiger partial charge in [-0.05, 0) is 30.7 Å². The SMILES string of the molecule is c1ccc(OCCCSc2ccc3ccccc3n2)cc1. The van der Waals surface area contributed by atoms with Gasteiger partial charge in [-0.1, -0.05) is 42.5 Å². The summed E-state index contributed by atoms with van der Waals surface area (Å²) in [6.45, 7) is 0.741. The first-order valence-electron chi connectivity index (χ1n) is 7.08. The summed E-state index contributed by atoms with van der Waals surface area (Å²) in [5.74, 6) is 1.95. The molecule has 2 nitrogen and oxygen atoms in total. The Kier molecular flexibility index (Phi) is 4.74. The van der Waals surface area contributed by atoms with Crippen LogP contribution < -0.4 is 4.74 Å². The Morgan fingerprint density at radius 1 is 0.857 bits per heavy atom. The van der Waals surface area contributed by atoms with E-state index in [0.29, 0.717) is 0 Å². The highest BCUT2D eigenvalue weighted by Crippen LogP contribution is 2.20. The molecule has 3 rings (SSSR count). The van der Waals surface area contributed by atoms with Gasteiger partial charge >= 0.3 is 0 Å². The molecule has 3 heteroatoms. The lowest BCUT2D eigenvalue weighted by molar-refractivity contribution is 0.318. The minimum atomic E-state index is 0.741. The molecule has 0 saturated heterocycles. The van der Waals surface area contributed by atoms with E-state index in [4.69, 9.17) is 4.74 Å². The van der Waals surface area contributed by atoms with E-state index in [9.17, 15) is 0 Å². The number of hydrogen-bond acceptors (Lipinski definition) is 3. The van der Waals surface area contributed by atoms with E-state index < -0.39 is 0 Å². The van der Waals surface area contributed by atoms with Crippen molar-refractivity contribution in [2.45, 2.75) is 11.4 Å². The maximum atomic E-state index is 5.68. The number of hydrogen-bond donors (Lipinski definition) is 0. The maximum Gasteiger partial charge on any atom is 0.119 e. The third-order valence-electron chi connectivity index (χ3n) is 3.12. The average Bonchev–Trinajstić information content (AvgIpc) is 2.55. The second kappa shape index (κ2) is 7.14. The van der Waals surface area contributed by atoms with Crippen molar-refractivity contribution in [2.24, 2.45) is 0 Å². The van der Waals surface area contributed by atoms with E-state index in [2.05, 4.69) is 29.2 Å². The highest BCUT2D eigenvalue weighted by atomic mass is 32.2. The number of nitrogens with zero attached hydrogens (tertiary/aromatic N) is 1. The van der Waals surface area contributed by atoms with Crippen LogP contribution in [0.1, 0.15) is 6.42 Å². The highest BCUT2D eigenvalue weighted by molar-refractivity contribution is 7.99. The summed E-state index contributed by atoms with van der Waals surface area (Å²) in [6, 6.07) is 22.4. The van der Waals surface area contributed by atoms with Crippen LogP contribution in [0.3, 0.4) is 0 Å². The number of pyridine rings is 1. The van der Waals surface area contributed by atoms with E-state index in [-0.39, 0.29) is 0 Å². The van der Waals surface area contributed by atoms with E-state index in [1.807, 2.05) is 42.5 Å². The summed E-state index contributed by atoms with van der Waals surface area (Å²) in [5.41, 5.74) is 1.06. The minimum absolute atomic E-state index is 0.741. The van der Waals surface area contributed by atoms with Crippen molar-refractivity contribution in [1.29, 1.82) is 0 Å². The molecule has 0 aliphatic carbocycles. The van der Waals surface area contributed by atoms with Gasteiger partial charge in [0.1, 0.15) is 5.75 Å². The number of benzene rings is 2. The zero-order valence-corrected chi connectivity index (χ0v) is 12.6. The van der Waals surface area contributed by atoms with Gasteiger partial charge in [0.05, 0.1) is 17.1 Å². The van der Waals surface area contributed by atoms with Crippen LogP contribution in [-0.4, -0.2) is 17.3 Å². The number of para-hydroxylation sites is 2. The van der Waals surface area contributed by atoms with E-state index in [0.717, 1.165) is 35.1 Å². The standard InChI is InChI=1S/C18H17NOS/c1-2-8-16(9-3-1)20-13-6-14-21-18-12-11-15-7-4-5-10-17(15)19-18/h1-5,7-12H,6,13-14H2. The number of thioether (sulfide) groups is 1. The van der Waals surface area contributed by atoms with Crippen LogP contribution in [0.15, 0.2) is 71.8 Å². The summed E-state index contributed by atoms with van der Waals surface area (Å²) < 4.78 is 5.68. The van der Waals surface area contributed by atoms with E-state index >= 15 is 0 Å². The monoisotopic (exact) mass is 295 g/mol. The molecule has 3 aromatic rings. The zero-order valence-electron chi connectivity index (χ0n) is 11.7. The number of ether oxygens (including phenoxy) is 1. The molecule has 0 aliphatic heterocycles. The minimum Gasteiger partial charge on any atom is -0.494 e. The molecule has 21 heavy (non-hydrogen) atoms. The maximum absolute atomic E-state index is 5.68. The number of fused-ring (bicyclic) bond motifs is 1. The molecule has 0 spiro atoms. The smallest absolute Gasteiger partial charge is 0.119 e. The Hall–Kier alpha value is -2.00. The van der Waals surface area contributed by atoms with Gasteiger partial charge < -0.3 is 4.74 Å². The molecule has 2 aromatic carbocycles. The van der Waals surface area contributed by atoms with Gasteiger partial charge in [0.25, 0.3) is 0 Å². The van der Waals surface area contributed by atoms with Crippen molar-refractivity contribution < 1.29 is 4.74 Å². The van der Waals surface area contributed by atoms with Gasteiger partial charge in [-0.25, -0.2) is 4.98 Å². The zero-order chi connectivity index (χ0) is 14.3. The van der Waals surface area contributed by atoms with Crippen molar-refractivity contribution >= 4 is 22.7 Å². The third-order valence-corrected chi connectivity index (χ3v) is 4.14. The summed E-state index contributed by atoms with van der Waals surface area (Å²) in [7, 11) is 0. The Labute approximate surface area is 129 Å². The van der Waals surface area contributed by atoms with Gasteiger partial charge in [-0.3, -0.25) is 0 Å². The lowest BCUT2D eigenvalue weighted by Gasteiger charge is -2.06. The Morgan fingerprint density at radius 3 is 2.57 bits per heavy atom. The lowest BCUT2D eigenvalue weighted by Crippen LogP contribution is -1.98. The molecule has 0 radical (unpaired) electrons. The first-order chi connectivity index (χ1) is 10.4. The predicted molar refractivity (Wildman–Crippen MR) is 89.0 cm³/mol. The first-order valence-corrected chi connectivity index (χ1v) is 8.07. The fraction of sp³-hybridized carbons (Fsp3) is 0.167. The van der Waals surface area contributed by atoms with Crippen LogP contribution in [0.5, 0.6) is 5.75 Å². The normalized spacial score (nSPS) is 10.7. The van der Waals surface area contributed by atoms with Crippen LogP contribution in [0.25, 0.3) is 10.9 Å². The second-order valence-corrected chi connectivity index (χ2v) is 5.82. The van der Waals surface area contributed by atoms with Crippen LogP contribution in [0, 0.1) is 0 Å². The quantitative estimate of drug-likeness (QED) is 0.482. The molecular weight excluding hydrogens is 278 g/mol. The van der Waals surface area contributed by atoms with Crippen LogP contribution in [-0.2, 0) is 0 Å². The predicted octanol–water partition coefficient (Wildman–Crippen LogP) is 4.80. The molecule has 0 saturated carbocycles. The molecule has 0 fully saturated rings. The average molecular weight is 295 g/mol. The summed E-state index contributed by atoms with van der Waals surface area (Å²) >= 11 is 1.78. The Morgan fingerprint density at radius 2 is 1.67 bits per heavy atom. The summed E-state index contributed by atoms with van der Waals surface area (Å²) in [5, 5.41) is 2.27. The molecule has 0 N–H and O–H groups in total. The fourth-order valence-electron chi connectivity index (χ4n) is 2.07.